The van der Waals surface area contributed by atoms with Crippen molar-refractivity contribution in [3.05, 3.63) is 78.0 Å². The minimum atomic E-state index is -4.59. The van der Waals surface area contributed by atoms with Crippen molar-refractivity contribution in [1.29, 1.82) is 0 Å². The van der Waals surface area contributed by atoms with Crippen LogP contribution in [-0.2, 0) is 12.8 Å². The maximum atomic E-state index is 13.2. The number of ether oxygens (including phenoxy) is 1. The summed E-state index contributed by atoms with van der Waals surface area (Å²) in [5.74, 6) is 0.168. The average molecular weight is 412 g/mol. The lowest BCUT2D eigenvalue weighted by Gasteiger charge is -2.09. The van der Waals surface area contributed by atoms with E-state index in [2.05, 4.69) is 20.2 Å². The molecule has 4 aromatic rings. The molecule has 0 aliphatic rings. The topological polar surface area (TPSA) is 83.9 Å². The SMILES string of the molecule is Oc1cc(OCc2ccccc2)ccc1-c1nc(-c2ncccc2C(F)(F)F)n[nH]1. The first-order chi connectivity index (χ1) is 14.4. The van der Waals surface area contributed by atoms with Gasteiger partial charge in [0.1, 0.15) is 23.8 Å². The first-order valence-corrected chi connectivity index (χ1v) is 8.87. The second kappa shape index (κ2) is 7.86. The molecular formula is C21H15F3N4O2. The van der Waals surface area contributed by atoms with Gasteiger partial charge < -0.3 is 9.84 Å². The lowest BCUT2D eigenvalue weighted by molar-refractivity contribution is -0.137. The molecule has 0 unspecified atom stereocenters. The summed E-state index contributed by atoms with van der Waals surface area (Å²) in [7, 11) is 0. The first-order valence-electron chi connectivity index (χ1n) is 8.87. The molecule has 0 saturated heterocycles. The van der Waals surface area contributed by atoms with Crippen molar-refractivity contribution in [1.82, 2.24) is 20.2 Å². The monoisotopic (exact) mass is 412 g/mol. The van der Waals surface area contributed by atoms with Crippen molar-refractivity contribution >= 4 is 0 Å². The summed E-state index contributed by atoms with van der Waals surface area (Å²) in [6.45, 7) is 0.325. The zero-order chi connectivity index (χ0) is 21.1. The van der Waals surface area contributed by atoms with E-state index in [-0.39, 0.29) is 23.0 Å². The molecule has 0 atom stereocenters. The van der Waals surface area contributed by atoms with Crippen LogP contribution in [0.1, 0.15) is 11.1 Å². The van der Waals surface area contributed by atoms with Gasteiger partial charge in [-0.05, 0) is 29.8 Å². The molecule has 4 rings (SSSR count). The predicted octanol–water partition coefficient (Wildman–Crippen LogP) is 4.84. The average Bonchev–Trinajstić information content (AvgIpc) is 3.22. The van der Waals surface area contributed by atoms with Crippen molar-refractivity contribution in [3.63, 3.8) is 0 Å². The standard InChI is InChI=1S/C21H15F3N4O2/c22-21(23,24)16-7-4-10-25-18(16)20-26-19(27-28-20)15-9-8-14(11-17(15)29)30-12-13-5-2-1-3-6-13/h1-11,29H,12H2,(H,26,27,28). The maximum absolute atomic E-state index is 13.2. The molecule has 2 aromatic heterocycles. The van der Waals surface area contributed by atoms with Gasteiger partial charge in [-0.25, -0.2) is 4.98 Å². The van der Waals surface area contributed by atoms with Crippen molar-refractivity contribution in [2.75, 3.05) is 0 Å². The van der Waals surface area contributed by atoms with Gasteiger partial charge in [0.05, 0.1) is 11.1 Å². The Morgan fingerprint density at radius 3 is 2.53 bits per heavy atom. The second-order valence-corrected chi connectivity index (χ2v) is 6.36. The number of phenols is 1. The van der Waals surface area contributed by atoms with E-state index < -0.39 is 17.4 Å². The lowest BCUT2D eigenvalue weighted by Crippen LogP contribution is -2.08. The normalized spacial score (nSPS) is 11.4. The molecule has 2 heterocycles. The molecule has 0 aliphatic heterocycles. The number of aromatic nitrogens is 4. The van der Waals surface area contributed by atoms with Crippen LogP contribution in [0.15, 0.2) is 66.9 Å². The molecule has 2 aromatic carbocycles. The van der Waals surface area contributed by atoms with Crippen LogP contribution in [0.25, 0.3) is 22.9 Å². The number of nitrogens with zero attached hydrogens (tertiary/aromatic N) is 3. The summed E-state index contributed by atoms with van der Waals surface area (Å²) in [4.78, 5) is 7.84. The molecule has 152 valence electrons. The molecule has 0 amide bonds. The highest BCUT2D eigenvalue weighted by Gasteiger charge is 2.35. The molecule has 30 heavy (non-hydrogen) atoms. The fourth-order valence-corrected chi connectivity index (χ4v) is 2.84. The second-order valence-electron chi connectivity index (χ2n) is 6.36. The third-order valence-electron chi connectivity index (χ3n) is 4.28. The van der Waals surface area contributed by atoms with E-state index >= 15 is 0 Å². The summed E-state index contributed by atoms with van der Waals surface area (Å²) in [5.41, 5.74) is -0.0960. The van der Waals surface area contributed by atoms with E-state index in [1.165, 1.54) is 18.3 Å². The lowest BCUT2D eigenvalue weighted by atomic mass is 10.1. The highest BCUT2D eigenvalue weighted by atomic mass is 19.4. The smallest absolute Gasteiger partial charge is 0.418 e. The van der Waals surface area contributed by atoms with Crippen molar-refractivity contribution in [2.24, 2.45) is 0 Å². The van der Waals surface area contributed by atoms with Gasteiger partial charge >= 0.3 is 6.18 Å². The largest absolute Gasteiger partial charge is 0.507 e. The van der Waals surface area contributed by atoms with Gasteiger partial charge in [0.2, 0.25) is 5.82 Å². The van der Waals surface area contributed by atoms with Gasteiger partial charge in [-0.1, -0.05) is 30.3 Å². The molecule has 0 radical (unpaired) electrons. The number of hydrogen-bond acceptors (Lipinski definition) is 5. The summed E-state index contributed by atoms with van der Waals surface area (Å²) < 4.78 is 45.3. The summed E-state index contributed by atoms with van der Waals surface area (Å²) >= 11 is 0. The molecule has 2 N–H and O–H groups in total. The molecule has 9 heteroatoms. The van der Waals surface area contributed by atoms with Crippen molar-refractivity contribution in [3.8, 4) is 34.4 Å². The van der Waals surface area contributed by atoms with E-state index in [0.29, 0.717) is 12.4 Å². The van der Waals surface area contributed by atoms with Crippen LogP contribution in [0.3, 0.4) is 0 Å². The van der Waals surface area contributed by atoms with E-state index in [0.717, 1.165) is 11.6 Å². The number of alkyl halides is 3. The Hall–Kier alpha value is -3.88. The van der Waals surface area contributed by atoms with Crippen LogP contribution in [0.5, 0.6) is 11.5 Å². The number of aromatic amines is 1. The summed E-state index contributed by atoms with van der Waals surface area (Å²) in [5, 5.41) is 16.7. The van der Waals surface area contributed by atoms with Crippen molar-refractivity contribution in [2.45, 2.75) is 12.8 Å². The Kier molecular flexibility index (Phi) is 5.09. The zero-order valence-electron chi connectivity index (χ0n) is 15.4. The van der Waals surface area contributed by atoms with Gasteiger partial charge in [-0.3, -0.25) is 10.1 Å². The van der Waals surface area contributed by atoms with Crippen LogP contribution in [0.4, 0.5) is 13.2 Å². The predicted molar refractivity (Wildman–Crippen MR) is 102 cm³/mol. The highest BCUT2D eigenvalue weighted by Crippen LogP contribution is 2.36. The number of pyridine rings is 1. The zero-order valence-corrected chi connectivity index (χ0v) is 15.4. The minimum Gasteiger partial charge on any atom is -0.507 e. The first kappa shape index (κ1) is 19.4. The fourth-order valence-electron chi connectivity index (χ4n) is 2.84. The van der Waals surface area contributed by atoms with E-state index in [9.17, 15) is 18.3 Å². The maximum Gasteiger partial charge on any atom is 0.418 e. The Balaban J connectivity index is 1.57. The van der Waals surface area contributed by atoms with Crippen LogP contribution in [0, 0.1) is 0 Å². The highest BCUT2D eigenvalue weighted by molar-refractivity contribution is 5.67. The van der Waals surface area contributed by atoms with Gasteiger partial charge in [-0.15, -0.1) is 0 Å². The van der Waals surface area contributed by atoms with E-state index in [4.69, 9.17) is 4.74 Å². The number of phenolic OH excluding ortho intramolecular Hbond substituents is 1. The molecule has 6 nitrogen and oxygen atoms in total. The number of aromatic hydroxyl groups is 1. The van der Waals surface area contributed by atoms with E-state index in [1.54, 1.807) is 12.1 Å². The van der Waals surface area contributed by atoms with Crippen LogP contribution < -0.4 is 4.74 Å². The molecule has 0 saturated carbocycles. The molecule has 0 bridgehead atoms. The number of benzene rings is 2. The molecule has 0 spiro atoms. The summed E-state index contributed by atoms with van der Waals surface area (Å²) in [6.07, 6.45) is -3.36. The number of nitrogens with one attached hydrogen (secondary N) is 1. The minimum absolute atomic E-state index is 0.107. The van der Waals surface area contributed by atoms with Gasteiger partial charge in [-0.2, -0.15) is 18.3 Å². The third-order valence-corrected chi connectivity index (χ3v) is 4.28. The van der Waals surface area contributed by atoms with Gasteiger partial charge in [0.25, 0.3) is 0 Å². The van der Waals surface area contributed by atoms with Crippen LogP contribution in [-0.4, -0.2) is 25.3 Å². The molecule has 0 fully saturated rings. The number of rotatable bonds is 5. The Labute approximate surface area is 169 Å². The molecular weight excluding hydrogens is 397 g/mol. The Bertz CT molecular complexity index is 1160. The third kappa shape index (κ3) is 4.09. The Morgan fingerprint density at radius 2 is 1.80 bits per heavy atom. The number of halogens is 3. The fraction of sp³-hybridized carbons (Fsp3) is 0.0952. The Morgan fingerprint density at radius 1 is 1.00 bits per heavy atom. The van der Waals surface area contributed by atoms with Gasteiger partial charge in [0.15, 0.2) is 5.82 Å². The van der Waals surface area contributed by atoms with Crippen molar-refractivity contribution < 1.29 is 23.0 Å². The summed E-state index contributed by atoms with van der Waals surface area (Å²) in [6, 6.07) is 16.2. The van der Waals surface area contributed by atoms with Crippen LogP contribution >= 0.6 is 0 Å². The van der Waals surface area contributed by atoms with Gasteiger partial charge in [0, 0.05) is 12.3 Å². The van der Waals surface area contributed by atoms with E-state index in [1.807, 2.05) is 30.3 Å². The number of hydrogen-bond donors (Lipinski definition) is 2. The molecule has 0 aliphatic carbocycles. The van der Waals surface area contributed by atoms with Crippen LogP contribution in [0.2, 0.25) is 0 Å². The number of H-pyrrole nitrogens is 1. The quantitative estimate of drug-likeness (QED) is 0.490.